The van der Waals surface area contributed by atoms with Gasteiger partial charge in [0.1, 0.15) is 23.0 Å². The summed E-state index contributed by atoms with van der Waals surface area (Å²) in [5.41, 5.74) is 4.76. The average molecular weight is 956 g/mol. The predicted octanol–water partition coefficient (Wildman–Crippen LogP) is 8.14. The molecule has 6 aromatic carbocycles. The summed E-state index contributed by atoms with van der Waals surface area (Å²) in [4.78, 5) is 0. The maximum absolute atomic E-state index is 6.08. The molecule has 0 fully saturated rings. The van der Waals surface area contributed by atoms with Gasteiger partial charge in [0.15, 0.2) is 0 Å². The number of ether oxygens (including phenoxy) is 2. The molecule has 0 aromatic heterocycles. The standard InChI is InChI=1S/C18H12BBrO.C12H7Br3O.C8H11BO2.C4H9.Li/c20-14-10-11-16-18(12-14)21-17-9-5-4-8-15(17)19(16)13-6-2-1-3-7-13;13-8-5-6-10(15)12(7-8)16-11-4-2-1-3-9(11)14;1-10-9(11-2)8-6-4-3-5-7-8;1-3-4-2;/h1-12H;1-7H;3-7H,1-2H3;1,3-4H2,2H3;/q;;;-1;+1. The molecule has 0 radical (unpaired) electrons. The van der Waals surface area contributed by atoms with Gasteiger partial charge in [-0.15, -0.1) is 0 Å². The average Bonchev–Trinajstić information content (AvgIpc) is 3.18. The Hall–Kier alpha value is -2.51. The number of rotatable bonds is 7. The SMILES string of the molecule is Brc1ccc(Br)c(Oc2ccccc2Br)c1.Brc1ccc2c(c1)Oc1ccccc1B2c1ccccc1.COB(OC)c1ccccc1.[CH2-]CCC.[Li+]. The zero-order valence-corrected chi connectivity index (χ0v) is 36.6. The van der Waals surface area contributed by atoms with E-state index in [9.17, 15) is 0 Å². The maximum atomic E-state index is 6.08. The molecular weight excluding hydrogens is 917 g/mol. The van der Waals surface area contributed by atoms with E-state index in [1.807, 2.05) is 91.0 Å². The summed E-state index contributed by atoms with van der Waals surface area (Å²) in [5, 5.41) is 0. The molecule has 0 saturated carbocycles. The van der Waals surface area contributed by atoms with Crippen molar-refractivity contribution in [3.05, 3.63) is 170 Å². The Balaban J connectivity index is 0.000000211. The fraction of sp³-hybridized carbons (Fsp3) is 0.119. The third-order valence-electron chi connectivity index (χ3n) is 7.67. The maximum Gasteiger partial charge on any atom is 1.00 e. The van der Waals surface area contributed by atoms with Gasteiger partial charge < -0.3 is 25.7 Å². The van der Waals surface area contributed by atoms with Gasteiger partial charge in [0.2, 0.25) is 0 Å². The number of fused-ring (bicyclic) bond motifs is 2. The van der Waals surface area contributed by atoms with E-state index < -0.39 is 0 Å². The van der Waals surface area contributed by atoms with Crippen molar-refractivity contribution in [1.29, 1.82) is 0 Å². The van der Waals surface area contributed by atoms with Crippen LogP contribution in [-0.2, 0) is 9.31 Å². The minimum absolute atomic E-state index is 0. The van der Waals surface area contributed by atoms with Gasteiger partial charge in [-0.3, -0.25) is 0 Å². The Kier molecular flexibility index (Phi) is 20.4. The van der Waals surface area contributed by atoms with Gasteiger partial charge in [-0.05, 0) is 96.8 Å². The Labute approximate surface area is 361 Å². The van der Waals surface area contributed by atoms with Crippen LogP contribution < -0.4 is 50.2 Å². The molecule has 266 valence electrons. The van der Waals surface area contributed by atoms with Crippen molar-refractivity contribution in [3.63, 3.8) is 0 Å². The molecule has 0 saturated heterocycles. The Morgan fingerprint density at radius 1 is 0.604 bits per heavy atom. The van der Waals surface area contributed by atoms with Gasteiger partial charge in [-0.25, -0.2) is 0 Å². The fourth-order valence-electron chi connectivity index (χ4n) is 5.12. The van der Waals surface area contributed by atoms with Crippen molar-refractivity contribution in [2.24, 2.45) is 0 Å². The van der Waals surface area contributed by atoms with Crippen molar-refractivity contribution in [1.82, 2.24) is 0 Å². The van der Waals surface area contributed by atoms with E-state index in [0.29, 0.717) is 0 Å². The van der Waals surface area contributed by atoms with E-state index in [1.165, 1.54) is 22.8 Å². The second-order valence-electron chi connectivity index (χ2n) is 11.3. The van der Waals surface area contributed by atoms with Gasteiger partial charge in [-0.2, -0.15) is 6.42 Å². The van der Waals surface area contributed by atoms with Crippen LogP contribution in [0.5, 0.6) is 23.0 Å². The second kappa shape index (κ2) is 24.1. The summed E-state index contributed by atoms with van der Waals surface area (Å²) >= 11 is 13.8. The minimum atomic E-state index is -0.240. The number of unbranched alkanes of at least 4 members (excludes halogenated alkanes) is 1. The molecule has 1 aliphatic rings. The van der Waals surface area contributed by atoms with E-state index in [4.69, 9.17) is 18.8 Å². The van der Waals surface area contributed by atoms with Gasteiger partial charge in [0.25, 0.3) is 6.71 Å². The quantitative estimate of drug-likeness (QED) is 0.120. The third-order valence-corrected chi connectivity index (χ3v) is 9.97. The molecule has 7 rings (SSSR count). The summed E-state index contributed by atoms with van der Waals surface area (Å²) in [7, 11) is 3.01. The zero-order chi connectivity index (χ0) is 37.3. The molecule has 1 heterocycles. The fourth-order valence-corrected chi connectivity index (χ4v) is 6.49. The van der Waals surface area contributed by atoms with Crippen LogP contribution in [0.4, 0.5) is 0 Å². The zero-order valence-electron chi connectivity index (χ0n) is 30.3. The van der Waals surface area contributed by atoms with Crippen molar-refractivity contribution < 1.29 is 37.6 Å². The summed E-state index contributed by atoms with van der Waals surface area (Å²) in [6, 6.07) is 48.5. The first-order valence-electron chi connectivity index (χ1n) is 16.7. The first kappa shape index (κ1) is 44.9. The smallest absolute Gasteiger partial charge is 0.458 e. The monoisotopic (exact) mass is 952 g/mol. The molecule has 11 heteroatoms. The molecule has 0 bridgehead atoms. The van der Waals surface area contributed by atoms with Gasteiger partial charge >= 0.3 is 26.0 Å². The second-order valence-corrected chi connectivity index (χ2v) is 14.9. The molecule has 0 atom stereocenters. The molecule has 0 amide bonds. The van der Waals surface area contributed by atoms with Crippen LogP contribution in [0.15, 0.2) is 163 Å². The molecule has 4 nitrogen and oxygen atoms in total. The van der Waals surface area contributed by atoms with Crippen molar-refractivity contribution in [2.45, 2.75) is 19.8 Å². The molecule has 0 N–H and O–H groups in total. The molecule has 0 unspecified atom stereocenters. The van der Waals surface area contributed by atoms with E-state index in [-0.39, 0.29) is 32.7 Å². The van der Waals surface area contributed by atoms with Crippen LogP contribution in [0, 0.1) is 6.92 Å². The first-order valence-corrected chi connectivity index (χ1v) is 19.8. The predicted molar refractivity (Wildman–Crippen MR) is 234 cm³/mol. The normalized spacial score (nSPS) is 10.5. The van der Waals surface area contributed by atoms with Crippen LogP contribution >= 0.6 is 63.7 Å². The van der Waals surface area contributed by atoms with Crippen LogP contribution in [0.2, 0.25) is 0 Å². The van der Waals surface area contributed by atoms with Crippen LogP contribution in [0.25, 0.3) is 0 Å². The number of hydrogen-bond donors (Lipinski definition) is 0. The molecule has 1 aliphatic heterocycles. The summed E-state index contributed by atoms with van der Waals surface area (Å²) in [5.74, 6) is 3.44. The Morgan fingerprint density at radius 2 is 1.13 bits per heavy atom. The number of hydrogen-bond acceptors (Lipinski definition) is 4. The minimum Gasteiger partial charge on any atom is -0.458 e. The van der Waals surface area contributed by atoms with Crippen LogP contribution in [0.3, 0.4) is 0 Å². The van der Waals surface area contributed by atoms with Crippen molar-refractivity contribution in [3.8, 4) is 23.0 Å². The van der Waals surface area contributed by atoms with Crippen LogP contribution in [0.1, 0.15) is 19.8 Å². The molecular formula is C42H39B2Br4LiO4. The van der Waals surface area contributed by atoms with Gasteiger partial charge in [0.05, 0.1) is 8.95 Å². The summed E-state index contributed by atoms with van der Waals surface area (Å²) in [6.07, 6.45) is 2.28. The molecule has 6 aromatic rings. The third kappa shape index (κ3) is 13.6. The number of halogens is 4. The first-order chi connectivity index (χ1) is 25.3. The summed E-state index contributed by atoms with van der Waals surface area (Å²) < 4.78 is 25.9. The number of para-hydroxylation sites is 2. The summed E-state index contributed by atoms with van der Waals surface area (Å²) in [6.45, 7) is 5.94. The van der Waals surface area contributed by atoms with E-state index in [2.05, 4.69) is 132 Å². The van der Waals surface area contributed by atoms with Crippen molar-refractivity contribution >= 4 is 99.4 Å². The Bertz CT molecular complexity index is 1970. The van der Waals surface area contributed by atoms with Gasteiger partial charge in [-0.1, -0.05) is 148 Å². The topological polar surface area (TPSA) is 36.9 Å². The van der Waals surface area contributed by atoms with Crippen LogP contribution in [-0.4, -0.2) is 28.1 Å². The molecule has 0 aliphatic carbocycles. The number of benzene rings is 6. The largest absolute Gasteiger partial charge is 1.00 e. The van der Waals surface area contributed by atoms with E-state index >= 15 is 0 Å². The van der Waals surface area contributed by atoms with E-state index in [1.54, 1.807) is 14.2 Å². The van der Waals surface area contributed by atoms with E-state index in [0.717, 1.165) is 52.8 Å². The molecule has 0 spiro atoms. The van der Waals surface area contributed by atoms with Crippen molar-refractivity contribution in [2.75, 3.05) is 14.2 Å². The van der Waals surface area contributed by atoms with Gasteiger partial charge in [0, 0.05) is 23.2 Å². The Morgan fingerprint density at radius 3 is 1.77 bits per heavy atom. The molecule has 53 heavy (non-hydrogen) atoms.